The zero-order valence-electron chi connectivity index (χ0n) is 10.3. The first-order valence-electron chi connectivity index (χ1n) is 5.72. The van der Waals surface area contributed by atoms with E-state index < -0.39 is 0 Å². The minimum absolute atomic E-state index is 0.864. The van der Waals surface area contributed by atoms with E-state index in [0.717, 1.165) is 25.2 Å². The third kappa shape index (κ3) is 3.92. The van der Waals surface area contributed by atoms with Crippen molar-refractivity contribution in [3.05, 3.63) is 29.3 Å². The smallest absolute Gasteiger partial charge is 0.122 e. The summed E-state index contributed by atoms with van der Waals surface area (Å²) in [6.07, 6.45) is 2.20. The van der Waals surface area contributed by atoms with Gasteiger partial charge in [-0.15, -0.1) is 0 Å². The molecule has 0 atom stereocenters. The molecule has 1 aliphatic rings. The van der Waals surface area contributed by atoms with Gasteiger partial charge in [0.05, 0.1) is 6.61 Å². The highest BCUT2D eigenvalue weighted by molar-refractivity contribution is 5.39. The molecule has 1 heterocycles. The lowest BCUT2D eigenvalue weighted by molar-refractivity contribution is 0.357. The Labute approximate surface area is 93.4 Å². The predicted molar refractivity (Wildman–Crippen MR) is 66.5 cm³/mol. The van der Waals surface area contributed by atoms with Crippen molar-refractivity contribution in [3.63, 3.8) is 0 Å². The van der Waals surface area contributed by atoms with Gasteiger partial charge >= 0.3 is 0 Å². The standard InChI is InChI=1S/C10H12O.C2H6.CH5N/c1-2-8-3-4-10-9(7-8)5-6-11-10;2*1-2/h3-4,7H,2,5-6H2,1H3;1-2H3;2H2,1H3. The summed E-state index contributed by atoms with van der Waals surface area (Å²) in [7, 11) is 1.50. The van der Waals surface area contributed by atoms with Crippen LogP contribution in [0, 0.1) is 0 Å². The summed E-state index contributed by atoms with van der Waals surface area (Å²) in [6, 6.07) is 6.48. The summed E-state index contributed by atoms with van der Waals surface area (Å²) in [5, 5.41) is 0. The Morgan fingerprint density at radius 1 is 1.27 bits per heavy atom. The third-order valence-corrected chi connectivity index (χ3v) is 2.16. The Kier molecular flexibility index (Phi) is 7.74. The van der Waals surface area contributed by atoms with Gasteiger partial charge in [-0.05, 0) is 30.7 Å². The molecule has 2 heteroatoms. The Bertz CT molecular complexity index is 271. The topological polar surface area (TPSA) is 35.2 Å². The van der Waals surface area contributed by atoms with E-state index in [1.165, 1.54) is 18.2 Å². The number of fused-ring (bicyclic) bond motifs is 1. The maximum atomic E-state index is 5.40. The van der Waals surface area contributed by atoms with E-state index in [0.29, 0.717) is 0 Å². The van der Waals surface area contributed by atoms with E-state index in [9.17, 15) is 0 Å². The molecule has 0 unspecified atom stereocenters. The number of benzene rings is 1. The SMILES string of the molecule is CC.CCc1ccc2c(c1)CCO2.CN. The molecule has 86 valence electrons. The first-order chi connectivity index (χ1) is 7.40. The molecule has 0 amide bonds. The van der Waals surface area contributed by atoms with Crippen molar-refractivity contribution >= 4 is 0 Å². The molecule has 0 spiro atoms. The van der Waals surface area contributed by atoms with E-state index >= 15 is 0 Å². The summed E-state index contributed by atoms with van der Waals surface area (Å²) in [4.78, 5) is 0. The van der Waals surface area contributed by atoms with Crippen molar-refractivity contribution in [1.82, 2.24) is 0 Å². The van der Waals surface area contributed by atoms with Gasteiger partial charge in [0.25, 0.3) is 0 Å². The van der Waals surface area contributed by atoms with Gasteiger partial charge in [-0.25, -0.2) is 0 Å². The van der Waals surface area contributed by atoms with E-state index in [2.05, 4.69) is 30.9 Å². The van der Waals surface area contributed by atoms with E-state index in [1.54, 1.807) is 0 Å². The van der Waals surface area contributed by atoms with E-state index in [4.69, 9.17) is 4.74 Å². The highest BCUT2D eigenvalue weighted by Gasteiger charge is 2.10. The molecule has 0 fully saturated rings. The maximum absolute atomic E-state index is 5.40. The first kappa shape index (κ1) is 14.0. The van der Waals surface area contributed by atoms with Gasteiger partial charge in [-0.2, -0.15) is 0 Å². The van der Waals surface area contributed by atoms with Crippen LogP contribution in [-0.4, -0.2) is 13.7 Å². The van der Waals surface area contributed by atoms with Gasteiger partial charge in [0.2, 0.25) is 0 Å². The van der Waals surface area contributed by atoms with Gasteiger partial charge in [0.15, 0.2) is 0 Å². The average Bonchev–Trinajstić information content (AvgIpc) is 2.81. The van der Waals surface area contributed by atoms with Gasteiger partial charge in [0, 0.05) is 6.42 Å². The van der Waals surface area contributed by atoms with Crippen LogP contribution in [-0.2, 0) is 12.8 Å². The van der Waals surface area contributed by atoms with Crippen molar-refractivity contribution in [2.75, 3.05) is 13.7 Å². The molecule has 0 radical (unpaired) electrons. The van der Waals surface area contributed by atoms with Crippen molar-refractivity contribution in [1.29, 1.82) is 0 Å². The van der Waals surface area contributed by atoms with Crippen LogP contribution in [0.5, 0.6) is 5.75 Å². The molecule has 0 saturated heterocycles. The van der Waals surface area contributed by atoms with E-state index in [-0.39, 0.29) is 0 Å². The zero-order valence-corrected chi connectivity index (χ0v) is 10.3. The van der Waals surface area contributed by atoms with Crippen molar-refractivity contribution in [3.8, 4) is 5.75 Å². The van der Waals surface area contributed by atoms with Gasteiger partial charge in [-0.3, -0.25) is 0 Å². The summed E-state index contributed by atoms with van der Waals surface area (Å²) < 4.78 is 5.40. The van der Waals surface area contributed by atoms with Crippen LogP contribution < -0.4 is 10.5 Å². The monoisotopic (exact) mass is 209 g/mol. The number of aryl methyl sites for hydroxylation is 1. The lowest BCUT2D eigenvalue weighted by Crippen LogP contribution is -1.85. The molecule has 2 rings (SSSR count). The summed E-state index contributed by atoms with van der Waals surface area (Å²) in [5.74, 6) is 1.09. The van der Waals surface area contributed by atoms with E-state index in [1.807, 2.05) is 13.8 Å². The molecule has 0 aliphatic carbocycles. The summed E-state index contributed by atoms with van der Waals surface area (Å²) in [6.45, 7) is 7.04. The molecule has 0 bridgehead atoms. The number of ether oxygens (including phenoxy) is 1. The fraction of sp³-hybridized carbons (Fsp3) is 0.538. The molecular weight excluding hydrogens is 186 g/mol. The third-order valence-electron chi connectivity index (χ3n) is 2.16. The van der Waals surface area contributed by atoms with Crippen LogP contribution in [0.3, 0.4) is 0 Å². The highest BCUT2D eigenvalue weighted by atomic mass is 16.5. The van der Waals surface area contributed by atoms with Crippen LogP contribution in [0.1, 0.15) is 31.9 Å². The first-order valence-corrected chi connectivity index (χ1v) is 5.72. The number of hydrogen-bond acceptors (Lipinski definition) is 2. The largest absolute Gasteiger partial charge is 0.493 e. The quantitative estimate of drug-likeness (QED) is 0.772. The minimum Gasteiger partial charge on any atom is -0.493 e. The molecule has 2 nitrogen and oxygen atoms in total. The number of nitrogens with two attached hydrogens (primary N) is 1. The second-order valence-corrected chi connectivity index (χ2v) is 2.89. The Morgan fingerprint density at radius 3 is 2.53 bits per heavy atom. The van der Waals surface area contributed by atoms with Crippen LogP contribution in [0.2, 0.25) is 0 Å². The Morgan fingerprint density at radius 2 is 1.93 bits per heavy atom. The molecule has 0 aromatic heterocycles. The van der Waals surface area contributed by atoms with Crippen molar-refractivity contribution in [2.24, 2.45) is 5.73 Å². The zero-order chi connectivity index (χ0) is 11.7. The van der Waals surface area contributed by atoms with Crippen molar-refractivity contribution < 1.29 is 4.74 Å². The summed E-state index contributed by atoms with van der Waals surface area (Å²) in [5.41, 5.74) is 7.29. The molecular formula is C13H23NO. The second-order valence-electron chi connectivity index (χ2n) is 2.89. The fourth-order valence-electron chi connectivity index (χ4n) is 1.46. The lowest BCUT2D eigenvalue weighted by atomic mass is 10.1. The van der Waals surface area contributed by atoms with Gasteiger partial charge in [0.1, 0.15) is 5.75 Å². The Balaban J connectivity index is 0.000000442. The van der Waals surface area contributed by atoms with Crippen LogP contribution in [0.4, 0.5) is 0 Å². The van der Waals surface area contributed by atoms with Crippen LogP contribution in [0.25, 0.3) is 0 Å². The van der Waals surface area contributed by atoms with Gasteiger partial charge < -0.3 is 10.5 Å². The molecule has 2 N–H and O–H groups in total. The lowest BCUT2D eigenvalue weighted by Gasteiger charge is -2.00. The normalized spacial score (nSPS) is 11.3. The molecule has 1 aliphatic heterocycles. The van der Waals surface area contributed by atoms with Crippen LogP contribution >= 0.6 is 0 Å². The second kappa shape index (κ2) is 8.30. The predicted octanol–water partition coefficient (Wildman–Crippen LogP) is 2.79. The van der Waals surface area contributed by atoms with Crippen LogP contribution in [0.15, 0.2) is 18.2 Å². The van der Waals surface area contributed by atoms with Crippen molar-refractivity contribution in [2.45, 2.75) is 33.6 Å². The molecule has 0 saturated carbocycles. The molecule has 1 aromatic rings. The van der Waals surface area contributed by atoms with Gasteiger partial charge in [-0.1, -0.05) is 32.9 Å². The highest BCUT2D eigenvalue weighted by Crippen LogP contribution is 2.25. The number of hydrogen-bond donors (Lipinski definition) is 1. The maximum Gasteiger partial charge on any atom is 0.122 e. The molecule has 15 heavy (non-hydrogen) atoms. The molecule has 1 aromatic carbocycles. The fourth-order valence-corrected chi connectivity index (χ4v) is 1.46. The Hall–Kier alpha value is -1.02. The summed E-state index contributed by atoms with van der Waals surface area (Å²) >= 11 is 0. The average molecular weight is 209 g/mol. The number of rotatable bonds is 1. The minimum atomic E-state index is 0.864.